The number of halogens is 3. The summed E-state index contributed by atoms with van der Waals surface area (Å²) in [5, 5.41) is 0.399. The fraction of sp³-hybridized carbons (Fsp3) is 0.400. The first-order valence-electron chi connectivity index (χ1n) is 4.41. The average molecular weight is 220 g/mol. The first-order chi connectivity index (χ1) is 6.65. The SMILES string of the molecule is NCCCc1ccc(C(F)F)cc1Cl. The van der Waals surface area contributed by atoms with Gasteiger partial charge >= 0.3 is 0 Å². The minimum Gasteiger partial charge on any atom is -0.330 e. The summed E-state index contributed by atoms with van der Waals surface area (Å²) in [5.74, 6) is 0. The molecule has 14 heavy (non-hydrogen) atoms. The second kappa shape index (κ2) is 5.27. The molecule has 0 aliphatic rings. The van der Waals surface area contributed by atoms with Gasteiger partial charge in [-0.2, -0.15) is 0 Å². The van der Waals surface area contributed by atoms with Crippen molar-refractivity contribution in [3.8, 4) is 0 Å². The number of nitrogens with two attached hydrogens (primary N) is 1. The monoisotopic (exact) mass is 219 g/mol. The van der Waals surface area contributed by atoms with Gasteiger partial charge in [0, 0.05) is 10.6 Å². The van der Waals surface area contributed by atoms with Gasteiger partial charge < -0.3 is 5.73 Å². The molecule has 78 valence electrons. The fourth-order valence-electron chi connectivity index (χ4n) is 1.19. The Labute approximate surface area is 86.9 Å². The molecule has 0 heterocycles. The van der Waals surface area contributed by atoms with Crippen LogP contribution in [0, 0.1) is 0 Å². The molecule has 0 radical (unpaired) electrons. The maximum Gasteiger partial charge on any atom is 0.263 e. The van der Waals surface area contributed by atoms with Gasteiger partial charge in [0.1, 0.15) is 0 Å². The lowest BCUT2D eigenvalue weighted by atomic mass is 10.1. The van der Waals surface area contributed by atoms with E-state index in [2.05, 4.69) is 0 Å². The van der Waals surface area contributed by atoms with E-state index in [1.54, 1.807) is 6.07 Å². The van der Waals surface area contributed by atoms with E-state index in [0.29, 0.717) is 11.6 Å². The maximum atomic E-state index is 12.3. The standard InChI is InChI=1S/C10H12ClF2N/c11-9-6-8(10(12)13)4-3-7(9)2-1-5-14/h3-4,6,10H,1-2,5,14H2. The molecule has 1 aromatic rings. The predicted octanol–water partition coefficient (Wildman–Crippen LogP) is 3.17. The molecule has 0 saturated carbocycles. The molecule has 0 amide bonds. The molecular weight excluding hydrogens is 208 g/mol. The van der Waals surface area contributed by atoms with Gasteiger partial charge in [-0.3, -0.25) is 0 Å². The summed E-state index contributed by atoms with van der Waals surface area (Å²) in [4.78, 5) is 0. The lowest BCUT2D eigenvalue weighted by Crippen LogP contribution is -2.00. The van der Waals surface area contributed by atoms with E-state index in [1.165, 1.54) is 12.1 Å². The van der Waals surface area contributed by atoms with E-state index < -0.39 is 6.43 Å². The summed E-state index contributed by atoms with van der Waals surface area (Å²) in [6.07, 6.45) is -0.914. The zero-order valence-corrected chi connectivity index (χ0v) is 8.40. The summed E-state index contributed by atoms with van der Waals surface area (Å²) in [7, 11) is 0. The van der Waals surface area contributed by atoms with Crippen molar-refractivity contribution in [2.75, 3.05) is 6.54 Å². The number of rotatable bonds is 4. The van der Waals surface area contributed by atoms with E-state index in [0.717, 1.165) is 18.4 Å². The highest BCUT2D eigenvalue weighted by Crippen LogP contribution is 2.25. The van der Waals surface area contributed by atoms with E-state index >= 15 is 0 Å². The summed E-state index contributed by atoms with van der Waals surface area (Å²) < 4.78 is 24.5. The van der Waals surface area contributed by atoms with Gasteiger partial charge in [-0.1, -0.05) is 23.7 Å². The smallest absolute Gasteiger partial charge is 0.263 e. The highest BCUT2D eigenvalue weighted by molar-refractivity contribution is 6.31. The van der Waals surface area contributed by atoms with E-state index in [-0.39, 0.29) is 5.56 Å². The zero-order valence-electron chi connectivity index (χ0n) is 7.64. The van der Waals surface area contributed by atoms with Gasteiger partial charge in [0.05, 0.1) is 0 Å². The molecule has 0 atom stereocenters. The van der Waals surface area contributed by atoms with Crippen molar-refractivity contribution in [2.45, 2.75) is 19.3 Å². The van der Waals surface area contributed by atoms with Crippen LogP contribution < -0.4 is 5.73 Å². The second-order valence-corrected chi connectivity index (χ2v) is 3.45. The van der Waals surface area contributed by atoms with Crippen molar-refractivity contribution < 1.29 is 8.78 Å². The lowest BCUT2D eigenvalue weighted by Gasteiger charge is -2.05. The molecule has 0 bridgehead atoms. The van der Waals surface area contributed by atoms with Crippen LogP contribution in [-0.2, 0) is 6.42 Å². The normalized spacial score (nSPS) is 10.9. The quantitative estimate of drug-likeness (QED) is 0.827. The van der Waals surface area contributed by atoms with Gasteiger partial charge in [0.2, 0.25) is 0 Å². The molecule has 0 aliphatic carbocycles. The third-order valence-corrected chi connectivity index (χ3v) is 2.33. The fourth-order valence-corrected chi connectivity index (χ4v) is 1.48. The Morgan fingerprint density at radius 2 is 2.07 bits per heavy atom. The second-order valence-electron chi connectivity index (χ2n) is 3.04. The van der Waals surface area contributed by atoms with Crippen LogP contribution in [0.2, 0.25) is 5.02 Å². The molecule has 1 rings (SSSR count). The molecule has 0 spiro atoms. The molecule has 0 fully saturated rings. The molecule has 2 N–H and O–H groups in total. The minimum atomic E-state index is -2.46. The number of benzene rings is 1. The molecular formula is C10H12ClF2N. The van der Waals surface area contributed by atoms with Crippen molar-refractivity contribution in [3.05, 3.63) is 34.3 Å². The van der Waals surface area contributed by atoms with Crippen LogP contribution >= 0.6 is 11.6 Å². The highest BCUT2D eigenvalue weighted by Gasteiger charge is 2.09. The van der Waals surface area contributed by atoms with Crippen molar-refractivity contribution in [1.29, 1.82) is 0 Å². The zero-order chi connectivity index (χ0) is 10.6. The predicted molar refractivity (Wildman–Crippen MR) is 53.8 cm³/mol. The summed E-state index contributed by atoms with van der Waals surface area (Å²) in [6, 6.07) is 4.36. The van der Waals surface area contributed by atoms with Crippen molar-refractivity contribution in [1.82, 2.24) is 0 Å². The molecule has 1 nitrogen and oxygen atoms in total. The first-order valence-corrected chi connectivity index (χ1v) is 4.79. The van der Waals surface area contributed by atoms with Crippen LogP contribution in [0.3, 0.4) is 0 Å². The molecule has 0 saturated heterocycles. The van der Waals surface area contributed by atoms with Gasteiger partial charge in [-0.15, -0.1) is 0 Å². The molecule has 0 aliphatic heterocycles. The van der Waals surface area contributed by atoms with Crippen LogP contribution in [-0.4, -0.2) is 6.54 Å². The van der Waals surface area contributed by atoms with Crippen LogP contribution in [0.4, 0.5) is 8.78 Å². The topological polar surface area (TPSA) is 26.0 Å². The number of hydrogen-bond acceptors (Lipinski definition) is 1. The van der Waals surface area contributed by atoms with Crippen molar-refractivity contribution in [3.63, 3.8) is 0 Å². The number of alkyl halides is 2. The van der Waals surface area contributed by atoms with Crippen LogP contribution in [0.1, 0.15) is 24.0 Å². The van der Waals surface area contributed by atoms with Crippen LogP contribution in [0.15, 0.2) is 18.2 Å². The van der Waals surface area contributed by atoms with Crippen LogP contribution in [0.5, 0.6) is 0 Å². The molecule has 1 aromatic carbocycles. The Kier molecular flexibility index (Phi) is 4.29. The third kappa shape index (κ3) is 2.93. The highest BCUT2D eigenvalue weighted by atomic mass is 35.5. The summed E-state index contributed by atoms with van der Waals surface area (Å²) in [6.45, 7) is 0.576. The Morgan fingerprint density at radius 3 is 2.57 bits per heavy atom. The van der Waals surface area contributed by atoms with E-state index in [1.807, 2.05) is 0 Å². The Balaban J connectivity index is 2.79. The lowest BCUT2D eigenvalue weighted by molar-refractivity contribution is 0.151. The van der Waals surface area contributed by atoms with Gasteiger partial charge in [0.25, 0.3) is 6.43 Å². The van der Waals surface area contributed by atoms with Crippen molar-refractivity contribution >= 4 is 11.6 Å². The largest absolute Gasteiger partial charge is 0.330 e. The Bertz CT molecular complexity index is 302. The number of aryl methyl sites for hydroxylation is 1. The van der Waals surface area contributed by atoms with Gasteiger partial charge in [-0.05, 0) is 31.0 Å². The van der Waals surface area contributed by atoms with Gasteiger partial charge in [-0.25, -0.2) is 8.78 Å². The average Bonchev–Trinajstić information content (AvgIpc) is 2.15. The molecule has 0 unspecified atom stereocenters. The first kappa shape index (κ1) is 11.4. The minimum absolute atomic E-state index is 0.0356. The summed E-state index contributed by atoms with van der Waals surface area (Å²) in [5.41, 5.74) is 6.18. The van der Waals surface area contributed by atoms with Crippen molar-refractivity contribution in [2.24, 2.45) is 5.73 Å². The van der Waals surface area contributed by atoms with Gasteiger partial charge in [0.15, 0.2) is 0 Å². The van der Waals surface area contributed by atoms with E-state index in [9.17, 15) is 8.78 Å². The molecule has 0 aromatic heterocycles. The maximum absolute atomic E-state index is 12.3. The van der Waals surface area contributed by atoms with E-state index in [4.69, 9.17) is 17.3 Å². The van der Waals surface area contributed by atoms with Crippen LogP contribution in [0.25, 0.3) is 0 Å². The third-order valence-electron chi connectivity index (χ3n) is 1.98. The Morgan fingerprint density at radius 1 is 1.36 bits per heavy atom. The Hall–Kier alpha value is -0.670. The summed E-state index contributed by atoms with van der Waals surface area (Å²) >= 11 is 5.84. The number of hydrogen-bond donors (Lipinski definition) is 1. The molecule has 4 heteroatoms.